The number of hydrogen-bond donors (Lipinski definition) is 0. The lowest BCUT2D eigenvalue weighted by atomic mass is 10.3. The lowest BCUT2D eigenvalue weighted by Crippen LogP contribution is -2.11. The molecule has 0 aliphatic carbocycles. The lowest BCUT2D eigenvalue weighted by Gasteiger charge is -2.01. The maximum Gasteiger partial charge on any atom is 0.371 e. The highest BCUT2D eigenvalue weighted by atomic mass is 32.2. The Hall–Kier alpha value is -1.37. The quantitative estimate of drug-likeness (QED) is 0.458. The van der Waals surface area contributed by atoms with Crippen LogP contribution in [0.3, 0.4) is 0 Å². The van der Waals surface area contributed by atoms with Gasteiger partial charge in [-0.1, -0.05) is 28.7 Å². The summed E-state index contributed by atoms with van der Waals surface area (Å²) in [4.78, 5) is 0. The van der Waals surface area contributed by atoms with E-state index in [0.717, 1.165) is 0 Å². The van der Waals surface area contributed by atoms with Crippen LogP contribution in [0.25, 0.3) is 0 Å². The minimum absolute atomic E-state index is 0.0628. The van der Waals surface area contributed by atoms with Crippen molar-refractivity contribution in [1.82, 2.24) is 0 Å². The highest BCUT2D eigenvalue weighted by molar-refractivity contribution is 7.92. The van der Waals surface area contributed by atoms with Crippen LogP contribution in [-0.4, -0.2) is 20.1 Å². The van der Waals surface area contributed by atoms with Crippen LogP contribution in [0.5, 0.6) is 5.75 Å². The molecule has 0 amide bonds. The van der Waals surface area contributed by atoms with Crippen LogP contribution in [0.2, 0.25) is 0 Å². The average molecular weight is 257 g/mol. The van der Waals surface area contributed by atoms with E-state index >= 15 is 0 Å². The molecule has 0 radical (unpaired) electrons. The molecule has 0 saturated heterocycles. The molecule has 16 heavy (non-hydrogen) atoms. The molecule has 0 aliphatic heterocycles. The second-order valence-corrected chi connectivity index (χ2v) is 6.52. The summed E-state index contributed by atoms with van der Waals surface area (Å²) in [6.07, 6.45) is 4.87. The topological polar surface area (TPSA) is 60.4 Å². The molecule has 0 aliphatic rings. The number of para-hydroxylation sites is 1. The summed E-state index contributed by atoms with van der Waals surface area (Å²) < 4.78 is 38.8. The summed E-state index contributed by atoms with van der Waals surface area (Å²) >= 11 is 0. The van der Waals surface area contributed by atoms with Gasteiger partial charge in [0.2, 0.25) is 6.16 Å². The fourth-order valence-electron chi connectivity index (χ4n) is 0.973. The largest absolute Gasteiger partial charge is 0.379 e. The molecule has 1 aromatic carbocycles. The van der Waals surface area contributed by atoms with E-state index in [1.807, 2.05) is 0 Å². The van der Waals surface area contributed by atoms with Crippen LogP contribution in [0.15, 0.2) is 30.3 Å². The zero-order chi connectivity index (χ0) is 12.0. The Labute approximate surface area is 95.5 Å². The summed E-state index contributed by atoms with van der Waals surface area (Å²) in [5.41, 5.74) is -0.554. The van der Waals surface area contributed by atoms with Crippen molar-refractivity contribution < 1.29 is 17.2 Å². The Balaban J connectivity index is 2.67. The smallest absolute Gasteiger partial charge is 0.371 e. The van der Waals surface area contributed by atoms with Crippen molar-refractivity contribution in [2.45, 2.75) is 0 Å². The molecule has 1 aromatic rings. The van der Waals surface area contributed by atoms with Crippen molar-refractivity contribution in [3.63, 3.8) is 0 Å². The zero-order valence-corrected chi connectivity index (χ0v) is 10.1. The molecule has 0 fully saturated rings. The first-order valence-corrected chi connectivity index (χ1v) is 7.57. The maximum absolute atomic E-state index is 11.4. The first-order valence-electron chi connectivity index (χ1n) is 4.36. The Morgan fingerprint density at radius 2 is 1.94 bits per heavy atom. The minimum atomic E-state index is -3.84. The van der Waals surface area contributed by atoms with Gasteiger partial charge in [-0.05, 0) is 12.1 Å². The number of hydrogen-bond acceptors (Lipinski definition) is 4. The van der Waals surface area contributed by atoms with Gasteiger partial charge in [-0.3, -0.25) is 0 Å². The van der Waals surface area contributed by atoms with Gasteiger partial charge in [0.1, 0.15) is 5.75 Å². The highest BCUT2D eigenvalue weighted by Crippen LogP contribution is 2.23. The van der Waals surface area contributed by atoms with E-state index in [0.29, 0.717) is 0 Å². The molecule has 0 saturated carbocycles. The van der Waals surface area contributed by atoms with Crippen LogP contribution < -0.4 is 4.18 Å². The highest BCUT2D eigenvalue weighted by Gasteiger charge is 2.27. The molecule has 1 rings (SSSR count). The third-order valence-corrected chi connectivity index (χ3v) is 4.93. The van der Waals surface area contributed by atoms with Crippen molar-refractivity contribution in [1.29, 1.82) is 0 Å². The van der Waals surface area contributed by atoms with E-state index in [4.69, 9.17) is 10.6 Å². The molecular weight excluding hydrogens is 247 g/mol. The fourth-order valence-corrected chi connectivity index (χ4v) is 3.57. The molecule has 0 aromatic heterocycles. The van der Waals surface area contributed by atoms with Crippen LogP contribution in [0.1, 0.15) is 0 Å². The summed E-state index contributed by atoms with van der Waals surface area (Å²) in [5.74, 6) is 2.35. The second kappa shape index (κ2) is 5.64. The van der Waals surface area contributed by atoms with E-state index in [9.17, 15) is 13.0 Å². The van der Waals surface area contributed by atoms with Crippen LogP contribution >= 0.6 is 7.80 Å². The maximum atomic E-state index is 11.4. The predicted molar refractivity (Wildman–Crippen MR) is 62.2 cm³/mol. The minimum Gasteiger partial charge on any atom is -0.379 e. The summed E-state index contributed by atoms with van der Waals surface area (Å²) in [6.45, 7) is 0. The van der Waals surface area contributed by atoms with E-state index in [1.165, 1.54) is 12.1 Å². The summed E-state index contributed by atoms with van der Waals surface area (Å²) in [6, 6.07) is 8.04. The van der Waals surface area contributed by atoms with Crippen molar-refractivity contribution in [2.75, 3.05) is 11.7 Å². The van der Waals surface area contributed by atoms with Crippen molar-refractivity contribution in [3.8, 4) is 18.1 Å². The Morgan fingerprint density at radius 3 is 2.50 bits per heavy atom. The standard InChI is InChI=1S/C10H10O4PS/c1-2-8-15(11)9-16(12,13)14-10-6-4-3-5-7-10/h1,3-7H,8-9H2/q+1. The first kappa shape index (κ1) is 12.7. The van der Waals surface area contributed by atoms with Crippen molar-refractivity contribution in [3.05, 3.63) is 30.3 Å². The SMILES string of the molecule is C#CC[P+](=O)CS(=O)(=O)Oc1ccccc1. The fraction of sp³-hybridized carbons (Fsp3) is 0.200. The third-order valence-electron chi connectivity index (χ3n) is 1.54. The molecule has 6 heteroatoms. The van der Waals surface area contributed by atoms with Crippen molar-refractivity contribution >= 4 is 17.9 Å². The summed E-state index contributed by atoms with van der Waals surface area (Å²) in [5, 5.41) is 0. The Morgan fingerprint density at radius 1 is 1.31 bits per heavy atom. The van der Waals surface area contributed by atoms with E-state index in [1.54, 1.807) is 18.2 Å². The molecule has 1 atom stereocenters. The van der Waals surface area contributed by atoms with Gasteiger partial charge in [-0.2, -0.15) is 8.42 Å². The van der Waals surface area contributed by atoms with Gasteiger partial charge in [0.05, 0.1) is 0 Å². The molecular formula is C10H10O4PS+. The zero-order valence-electron chi connectivity index (χ0n) is 8.37. The number of benzene rings is 1. The predicted octanol–water partition coefficient (Wildman–Crippen LogP) is 1.81. The number of rotatable bonds is 5. The normalized spacial score (nSPS) is 11.6. The first-order chi connectivity index (χ1) is 7.53. The average Bonchev–Trinajstić information content (AvgIpc) is 2.17. The van der Waals surface area contributed by atoms with Gasteiger partial charge in [0, 0.05) is 0 Å². The molecule has 4 nitrogen and oxygen atoms in total. The van der Waals surface area contributed by atoms with E-state index < -0.39 is 23.4 Å². The van der Waals surface area contributed by atoms with Gasteiger partial charge < -0.3 is 4.18 Å². The molecule has 1 unspecified atom stereocenters. The van der Waals surface area contributed by atoms with Gasteiger partial charge in [-0.25, -0.2) is 0 Å². The van der Waals surface area contributed by atoms with Gasteiger partial charge in [0.25, 0.3) is 5.49 Å². The lowest BCUT2D eigenvalue weighted by molar-refractivity contribution is 0.490. The Kier molecular flexibility index (Phi) is 4.48. The van der Waals surface area contributed by atoms with Gasteiger partial charge in [-0.15, -0.1) is 6.42 Å². The van der Waals surface area contributed by atoms with E-state index in [-0.39, 0.29) is 11.9 Å². The van der Waals surface area contributed by atoms with Crippen LogP contribution in [0.4, 0.5) is 0 Å². The second-order valence-electron chi connectivity index (χ2n) is 2.93. The van der Waals surface area contributed by atoms with E-state index in [2.05, 4.69) is 5.92 Å². The van der Waals surface area contributed by atoms with Crippen molar-refractivity contribution in [2.24, 2.45) is 0 Å². The third kappa shape index (κ3) is 4.43. The monoisotopic (exact) mass is 257 g/mol. The summed E-state index contributed by atoms with van der Waals surface area (Å²) in [7, 11) is -5.80. The van der Waals surface area contributed by atoms with Gasteiger partial charge in [0.15, 0.2) is 0 Å². The molecule has 84 valence electrons. The molecule has 0 heterocycles. The number of terminal acetylenes is 1. The van der Waals surface area contributed by atoms with Crippen LogP contribution in [0, 0.1) is 12.3 Å². The van der Waals surface area contributed by atoms with Gasteiger partial charge >= 0.3 is 17.9 Å². The molecule has 0 spiro atoms. The molecule has 0 N–H and O–H groups in total. The van der Waals surface area contributed by atoms with Crippen LogP contribution in [-0.2, 0) is 14.7 Å². The molecule has 0 bridgehead atoms. The Bertz CT molecular complexity index is 501.